The Balaban J connectivity index is 2.08. The summed E-state index contributed by atoms with van der Waals surface area (Å²) in [6, 6.07) is 13.6. The molecular weight excluding hydrogens is 285 g/mol. The fraction of sp³-hybridized carbons (Fsp3) is 0.176. The van der Waals surface area contributed by atoms with E-state index in [0.717, 1.165) is 0 Å². The van der Waals surface area contributed by atoms with E-state index in [4.69, 9.17) is 4.74 Å². The molecule has 0 heterocycles. The quantitative estimate of drug-likeness (QED) is 0.863. The van der Waals surface area contributed by atoms with E-state index in [9.17, 15) is 14.0 Å². The van der Waals surface area contributed by atoms with Gasteiger partial charge in [0.2, 0.25) is 5.91 Å². The summed E-state index contributed by atoms with van der Waals surface area (Å²) >= 11 is 0. The van der Waals surface area contributed by atoms with Gasteiger partial charge in [0.1, 0.15) is 5.82 Å². The van der Waals surface area contributed by atoms with Gasteiger partial charge in [-0.1, -0.05) is 42.5 Å². The minimum Gasteiger partial charge on any atom is -0.467 e. The third-order valence-corrected chi connectivity index (χ3v) is 3.15. The molecule has 4 nitrogen and oxygen atoms in total. The summed E-state index contributed by atoms with van der Waals surface area (Å²) in [5, 5.41) is 2.64. The maximum atomic E-state index is 12.8. The molecule has 0 aliphatic carbocycles. The van der Waals surface area contributed by atoms with Crippen LogP contribution in [0.3, 0.4) is 0 Å². The van der Waals surface area contributed by atoms with Crippen LogP contribution in [0.15, 0.2) is 54.6 Å². The van der Waals surface area contributed by atoms with Gasteiger partial charge in [0.05, 0.1) is 13.5 Å². The summed E-state index contributed by atoms with van der Waals surface area (Å²) in [7, 11) is 1.27. The minimum absolute atomic E-state index is 0.0562. The van der Waals surface area contributed by atoms with Gasteiger partial charge in [0.15, 0.2) is 6.04 Å². The molecule has 0 bridgehead atoms. The molecule has 0 aromatic heterocycles. The van der Waals surface area contributed by atoms with E-state index >= 15 is 0 Å². The molecule has 2 rings (SSSR count). The molecule has 0 radical (unpaired) electrons. The lowest BCUT2D eigenvalue weighted by molar-refractivity contribution is -0.145. The highest BCUT2D eigenvalue weighted by Gasteiger charge is 2.23. The smallest absolute Gasteiger partial charge is 0.333 e. The second-order valence-electron chi connectivity index (χ2n) is 4.74. The number of ether oxygens (including phenoxy) is 1. The molecule has 0 spiro atoms. The highest BCUT2D eigenvalue weighted by Crippen LogP contribution is 2.14. The summed E-state index contributed by atoms with van der Waals surface area (Å²) in [5.41, 5.74) is 1.30. The van der Waals surface area contributed by atoms with Crippen LogP contribution in [0.4, 0.5) is 4.39 Å². The first-order chi connectivity index (χ1) is 10.6. The number of hydrogen-bond acceptors (Lipinski definition) is 3. The first kappa shape index (κ1) is 15.7. The Kier molecular flexibility index (Phi) is 5.25. The van der Waals surface area contributed by atoms with Crippen molar-refractivity contribution in [2.24, 2.45) is 0 Å². The van der Waals surface area contributed by atoms with Crippen molar-refractivity contribution in [1.29, 1.82) is 0 Å². The van der Waals surface area contributed by atoms with Crippen molar-refractivity contribution in [3.05, 3.63) is 71.5 Å². The number of halogens is 1. The monoisotopic (exact) mass is 301 g/mol. The Bertz CT molecular complexity index is 641. The van der Waals surface area contributed by atoms with Gasteiger partial charge in [-0.2, -0.15) is 0 Å². The molecule has 0 aliphatic rings. The zero-order chi connectivity index (χ0) is 15.9. The molecular formula is C17H16FNO3. The van der Waals surface area contributed by atoms with Crippen molar-refractivity contribution >= 4 is 11.9 Å². The van der Waals surface area contributed by atoms with Crippen molar-refractivity contribution < 1.29 is 18.7 Å². The molecule has 0 saturated carbocycles. The summed E-state index contributed by atoms with van der Waals surface area (Å²) < 4.78 is 17.6. The molecule has 0 aliphatic heterocycles. The maximum absolute atomic E-state index is 12.8. The molecule has 1 atom stereocenters. The van der Waals surface area contributed by atoms with Crippen LogP contribution >= 0.6 is 0 Å². The van der Waals surface area contributed by atoms with Crippen LogP contribution in [0.2, 0.25) is 0 Å². The van der Waals surface area contributed by atoms with Gasteiger partial charge in [-0.3, -0.25) is 4.79 Å². The highest BCUT2D eigenvalue weighted by atomic mass is 19.1. The van der Waals surface area contributed by atoms with E-state index in [1.54, 1.807) is 24.3 Å². The van der Waals surface area contributed by atoms with Crippen molar-refractivity contribution in [3.8, 4) is 0 Å². The Hall–Kier alpha value is -2.69. The Morgan fingerprint density at radius 2 is 1.73 bits per heavy atom. The first-order valence-corrected chi connectivity index (χ1v) is 6.76. The Morgan fingerprint density at radius 3 is 2.32 bits per heavy atom. The van der Waals surface area contributed by atoms with E-state index in [-0.39, 0.29) is 18.1 Å². The zero-order valence-electron chi connectivity index (χ0n) is 12.1. The zero-order valence-corrected chi connectivity index (χ0v) is 12.1. The van der Waals surface area contributed by atoms with Gasteiger partial charge >= 0.3 is 5.97 Å². The van der Waals surface area contributed by atoms with Crippen LogP contribution < -0.4 is 5.32 Å². The van der Waals surface area contributed by atoms with Crippen molar-refractivity contribution in [3.63, 3.8) is 0 Å². The van der Waals surface area contributed by atoms with Gasteiger partial charge in [0.25, 0.3) is 0 Å². The summed E-state index contributed by atoms with van der Waals surface area (Å²) in [6.07, 6.45) is 0.0562. The fourth-order valence-corrected chi connectivity index (χ4v) is 2.04. The van der Waals surface area contributed by atoms with E-state index in [0.29, 0.717) is 11.1 Å². The number of carbonyl (C=O) groups is 2. The predicted octanol–water partition coefficient (Wildman–Crippen LogP) is 2.40. The SMILES string of the molecule is COC(=O)C(NC(=O)Cc1ccc(F)cc1)c1ccccc1. The molecule has 1 unspecified atom stereocenters. The molecule has 114 valence electrons. The van der Waals surface area contributed by atoms with Crippen LogP contribution in [0.5, 0.6) is 0 Å². The van der Waals surface area contributed by atoms with Crippen molar-refractivity contribution in [2.75, 3.05) is 7.11 Å². The Morgan fingerprint density at radius 1 is 1.09 bits per heavy atom. The molecule has 5 heteroatoms. The van der Waals surface area contributed by atoms with Gasteiger partial charge in [-0.25, -0.2) is 9.18 Å². The van der Waals surface area contributed by atoms with Crippen molar-refractivity contribution in [1.82, 2.24) is 5.32 Å². The van der Waals surface area contributed by atoms with Gasteiger partial charge < -0.3 is 10.1 Å². The van der Waals surface area contributed by atoms with Gasteiger partial charge in [-0.15, -0.1) is 0 Å². The highest BCUT2D eigenvalue weighted by molar-refractivity contribution is 5.86. The van der Waals surface area contributed by atoms with E-state index in [1.807, 2.05) is 6.07 Å². The van der Waals surface area contributed by atoms with Gasteiger partial charge in [0, 0.05) is 0 Å². The molecule has 0 saturated heterocycles. The topological polar surface area (TPSA) is 55.4 Å². The number of esters is 1. The first-order valence-electron chi connectivity index (χ1n) is 6.76. The van der Waals surface area contributed by atoms with Gasteiger partial charge in [-0.05, 0) is 23.3 Å². The number of hydrogen-bond donors (Lipinski definition) is 1. The summed E-state index contributed by atoms with van der Waals surface area (Å²) in [6.45, 7) is 0. The number of methoxy groups -OCH3 is 1. The average Bonchev–Trinajstić information content (AvgIpc) is 2.55. The number of carbonyl (C=O) groups excluding carboxylic acids is 2. The van der Waals surface area contributed by atoms with Crippen LogP contribution in [0, 0.1) is 5.82 Å². The molecule has 1 amide bonds. The van der Waals surface area contributed by atoms with Crippen molar-refractivity contribution in [2.45, 2.75) is 12.5 Å². The predicted molar refractivity (Wildman–Crippen MR) is 79.4 cm³/mol. The molecule has 0 fully saturated rings. The molecule has 22 heavy (non-hydrogen) atoms. The lowest BCUT2D eigenvalue weighted by Gasteiger charge is -2.17. The number of benzene rings is 2. The number of nitrogens with one attached hydrogen (secondary N) is 1. The third-order valence-electron chi connectivity index (χ3n) is 3.15. The lowest BCUT2D eigenvalue weighted by atomic mass is 10.1. The molecule has 2 aromatic carbocycles. The van der Waals surface area contributed by atoms with Crippen LogP contribution in [-0.2, 0) is 20.7 Å². The minimum atomic E-state index is -0.862. The number of amides is 1. The van der Waals surface area contributed by atoms with E-state index < -0.39 is 12.0 Å². The molecule has 2 aromatic rings. The third kappa shape index (κ3) is 4.15. The maximum Gasteiger partial charge on any atom is 0.333 e. The van der Waals surface area contributed by atoms with Crippen LogP contribution in [0.25, 0.3) is 0 Å². The standard InChI is InChI=1S/C17H16FNO3/c1-22-17(21)16(13-5-3-2-4-6-13)19-15(20)11-12-7-9-14(18)10-8-12/h2-10,16H,11H2,1H3,(H,19,20). The van der Waals surface area contributed by atoms with Crippen LogP contribution in [-0.4, -0.2) is 19.0 Å². The van der Waals surface area contributed by atoms with E-state index in [2.05, 4.69) is 5.32 Å². The normalized spacial score (nSPS) is 11.5. The summed E-state index contributed by atoms with van der Waals surface area (Å²) in [5.74, 6) is -1.25. The van der Waals surface area contributed by atoms with Crippen LogP contribution in [0.1, 0.15) is 17.2 Å². The summed E-state index contributed by atoms with van der Waals surface area (Å²) in [4.78, 5) is 23.9. The second kappa shape index (κ2) is 7.36. The Labute approximate surface area is 127 Å². The largest absolute Gasteiger partial charge is 0.467 e. The second-order valence-corrected chi connectivity index (χ2v) is 4.74. The average molecular weight is 301 g/mol. The number of rotatable bonds is 5. The van der Waals surface area contributed by atoms with E-state index in [1.165, 1.54) is 31.4 Å². The fourth-order valence-electron chi connectivity index (χ4n) is 2.04. The lowest BCUT2D eigenvalue weighted by Crippen LogP contribution is -2.35. The molecule has 1 N–H and O–H groups in total.